The van der Waals surface area contributed by atoms with Gasteiger partial charge >= 0.3 is 0 Å². The van der Waals surface area contributed by atoms with Crippen LogP contribution < -0.4 is 5.32 Å². The molecule has 1 rings (SSSR count). The molecule has 1 unspecified atom stereocenters. The summed E-state index contributed by atoms with van der Waals surface area (Å²) < 4.78 is 0. The fourth-order valence-corrected chi connectivity index (χ4v) is 2.24. The molecular weight excluding hydrogens is 220 g/mol. The van der Waals surface area contributed by atoms with Gasteiger partial charge in [0, 0.05) is 11.8 Å². The Hall–Kier alpha value is -0.450. The Labute approximate surface area is 102 Å². The SMILES string of the molecule is CCCNCCC(C)(O)Cc1csc(C)n1. The topological polar surface area (TPSA) is 45.1 Å². The molecule has 2 N–H and O–H groups in total. The monoisotopic (exact) mass is 242 g/mol. The van der Waals surface area contributed by atoms with Crippen LogP contribution in [0.15, 0.2) is 5.38 Å². The molecule has 0 saturated carbocycles. The van der Waals surface area contributed by atoms with Gasteiger partial charge in [-0.3, -0.25) is 0 Å². The zero-order chi connectivity index (χ0) is 12.0. The number of aliphatic hydroxyl groups is 1. The molecule has 1 atom stereocenters. The Balaban J connectivity index is 2.33. The first kappa shape index (κ1) is 13.6. The van der Waals surface area contributed by atoms with Crippen LogP contribution in [0.1, 0.15) is 37.4 Å². The van der Waals surface area contributed by atoms with Gasteiger partial charge in [-0.25, -0.2) is 4.98 Å². The largest absolute Gasteiger partial charge is 0.390 e. The van der Waals surface area contributed by atoms with Crippen molar-refractivity contribution in [2.45, 2.75) is 45.6 Å². The van der Waals surface area contributed by atoms with Gasteiger partial charge in [-0.15, -0.1) is 11.3 Å². The third kappa shape index (κ3) is 5.05. The smallest absolute Gasteiger partial charge is 0.0897 e. The Morgan fingerprint density at radius 3 is 2.81 bits per heavy atom. The Morgan fingerprint density at radius 2 is 2.25 bits per heavy atom. The number of thiazole rings is 1. The average Bonchev–Trinajstić information content (AvgIpc) is 2.58. The lowest BCUT2D eigenvalue weighted by molar-refractivity contribution is 0.0507. The lowest BCUT2D eigenvalue weighted by Crippen LogP contribution is -2.32. The van der Waals surface area contributed by atoms with E-state index >= 15 is 0 Å². The number of aryl methyl sites for hydroxylation is 1. The minimum atomic E-state index is -0.652. The lowest BCUT2D eigenvalue weighted by atomic mass is 9.96. The van der Waals surface area contributed by atoms with E-state index in [1.807, 2.05) is 19.2 Å². The van der Waals surface area contributed by atoms with Crippen LogP contribution in [0.3, 0.4) is 0 Å². The molecule has 0 amide bonds. The molecule has 16 heavy (non-hydrogen) atoms. The molecule has 1 aromatic rings. The number of hydrogen-bond donors (Lipinski definition) is 2. The molecular formula is C12H22N2OS. The molecule has 1 aromatic heterocycles. The second kappa shape index (κ2) is 6.33. The number of nitrogens with one attached hydrogen (secondary N) is 1. The van der Waals surface area contributed by atoms with Gasteiger partial charge in [-0.1, -0.05) is 6.92 Å². The van der Waals surface area contributed by atoms with Crippen LogP contribution in [-0.4, -0.2) is 28.8 Å². The summed E-state index contributed by atoms with van der Waals surface area (Å²) in [7, 11) is 0. The van der Waals surface area contributed by atoms with Gasteiger partial charge in [0.25, 0.3) is 0 Å². The van der Waals surface area contributed by atoms with E-state index in [4.69, 9.17) is 0 Å². The molecule has 0 fully saturated rings. The quantitative estimate of drug-likeness (QED) is 0.720. The fraction of sp³-hybridized carbons (Fsp3) is 0.750. The highest BCUT2D eigenvalue weighted by Gasteiger charge is 2.21. The molecule has 3 nitrogen and oxygen atoms in total. The Bertz CT molecular complexity index is 310. The number of nitrogens with zero attached hydrogens (tertiary/aromatic N) is 1. The van der Waals surface area contributed by atoms with Crippen molar-refractivity contribution in [2.75, 3.05) is 13.1 Å². The van der Waals surface area contributed by atoms with E-state index in [0.29, 0.717) is 6.42 Å². The van der Waals surface area contributed by atoms with Crippen molar-refractivity contribution in [1.29, 1.82) is 0 Å². The second-order valence-corrected chi connectivity index (χ2v) is 5.59. The number of rotatable bonds is 7. The van der Waals surface area contributed by atoms with E-state index in [9.17, 15) is 5.11 Å². The number of aromatic nitrogens is 1. The molecule has 0 aliphatic heterocycles. The maximum absolute atomic E-state index is 10.2. The van der Waals surface area contributed by atoms with Crippen LogP contribution in [0.5, 0.6) is 0 Å². The van der Waals surface area contributed by atoms with Crippen molar-refractivity contribution in [3.63, 3.8) is 0 Å². The molecule has 92 valence electrons. The molecule has 0 radical (unpaired) electrons. The van der Waals surface area contributed by atoms with E-state index in [0.717, 1.165) is 36.6 Å². The summed E-state index contributed by atoms with van der Waals surface area (Å²) >= 11 is 1.64. The summed E-state index contributed by atoms with van der Waals surface area (Å²) in [6.07, 6.45) is 2.54. The highest BCUT2D eigenvalue weighted by molar-refractivity contribution is 7.09. The molecule has 0 aliphatic carbocycles. The molecule has 0 bridgehead atoms. The average molecular weight is 242 g/mol. The zero-order valence-electron chi connectivity index (χ0n) is 10.4. The lowest BCUT2D eigenvalue weighted by Gasteiger charge is -2.22. The predicted octanol–water partition coefficient (Wildman–Crippen LogP) is 2.13. The van der Waals surface area contributed by atoms with Crippen LogP contribution in [0.4, 0.5) is 0 Å². The predicted molar refractivity (Wildman–Crippen MR) is 69.0 cm³/mol. The van der Waals surface area contributed by atoms with Crippen molar-refractivity contribution < 1.29 is 5.11 Å². The van der Waals surface area contributed by atoms with Crippen molar-refractivity contribution in [1.82, 2.24) is 10.3 Å². The molecule has 0 saturated heterocycles. The Morgan fingerprint density at radius 1 is 1.50 bits per heavy atom. The van der Waals surface area contributed by atoms with Crippen molar-refractivity contribution in [2.24, 2.45) is 0 Å². The normalized spacial score (nSPS) is 15.0. The summed E-state index contributed by atoms with van der Waals surface area (Å²) in [6, 6.07) is 0. The standard InChI is InChI=1S/C12H22N2OS/c1-4-6-13-7-5-12(3,15)8-11-9-16-10(2)14-11/h9,13,15H,4-8H2,1-3H3. The van der Waals surface area contributed by atoms with Crippen LogP contribution in [0.25, 0.3) is 0 Å². The van der Waals surface area contributed by atoms with E-state index in [1.165, 1.54) is 0 Å². The van der Waals surface area contributed by atoms with Gasteiger partial charge in [0.2, 0.25) is 0 Å². The summed E-state index contributed by atoms with van der Waals surface area (Å²) in [6.45, 7) is 7.90. The van der Waals surface area contributed by atoms with E-state index < -0.39 is 5.60 Å². The molecule has 0 aliphatic rings. The van der Waals surface area contributed by atoms with Crippen LogP contribution in [0, 0.1) is 6.92 Å². The van der Waals surface area contributed by atoms with Crippen LogP contribution in [-0.2, 0) is 6.42 Å². The van der Waals surface area contributed by atoms with Gasteiger partial charge in [-0.2, -0.15) is 0 Å². The summed E-state index contributed by atoms with van der Waals surface area (Å²) in [5, 5.41) is 16.6. The molecule has 1 heterocycles. The van der Waals surface area contributed by atoms with E-state index in [-0.39, 0.29) is 0 Å². The van der Waals surface area contributed by atoms with Gasteiger partial charge in [0.05, 0.1) is 16.3 Å². The van der Waals surface area contributed by atoms with Gasteiger partial charge in [0.1, 0.15) is 0 Å². The third-order valence-electron chi connectivity index (χ3n) is 2.50. The molecule has 0 spiro atoms. The summed E-state index contributed by atoms with van der Waals surface area (Å²) in [5.41, 5.74) is 0.351. The van der Waals surface area contributed by atoms with E-state index in [1.54, 1.807) is 11.3 Å². The van der Waals surface area contributed by atoms with Crippen molar-refractivity contribution in [3.8, 4) is 0 Å². The maximum Gasteiger partial charge on any atom is 0.0897 e. The molecule has 0 aromatic carbocycles. The minimum Gasteiger partial charge on any atom is -0.390 e. The van der Waals surface area contributed by atoms with Crippen LogP contribution in [0.2, 0.25) is 0 Å². The highest BCUT2D eigenvalue weighted by Crippen LogP contribution is 2.18. The zero-order valence-corrected chi connectivity index (χ0v) is 11.2. The first-order valence-electron chi connectivity index (χ1n) is 5.87. The first-order valence-corrected chi connectivity index (χ1v) is 6.75. The third-order valence-corrected chi connectivity index (χ3v) is 3.32. The first-order chi connectivity index (χ1) is 7.53. The van der Waals surface area contributed by atoms with Crippen LogP contribution >= 0.6 is 11.3 Å². The van der Waals surface area contributed by atoms with E-state index in [2.05, 4.69) is 17.2 Å². The highest BCUT2D eigenvalue weighted by atomic mass is 32.1. The number of hydrogen-bond acceptors (Lipinski definition) is 4. The van der Waals surface area contributed by atoms with Gasteiger partial charge in [-0.05, 0) is 39.8 Å². The fourth-order valence-electron chi connectivity index (χ4n) is 1.63. The summed E-state index contributed by atoms with van der Waals surface area (Å²) in [4.78, 5) is 4.38. The van der Waals surface area contributed by atoms with Gasteiger partial charge < -0.3 is 10.4 Å². The summed E-state index contributed by atoms with van der Waals surface area (Å²) in [5.74, 6) is 0. The van der Waals surface area contributed by atoms with Crippen molar-refractivity contribution >= 4 is 11.3 Å². The second-order valence-electron chi connectivity index (χ2n) is 4.53. The van der Waals surface area contributed by atoms with Gasteiger partial charge in [0.15, 0.2) is 0 Å². The van der Waals surface area contributed by atoms with Crippen molar-refractivity contribution in [3.05, 3.63) is 16.1 Å². The minimum absolute atomic E-state index is 0.644. The maximum atomic E-state index is 10.2. The Kier molecular flexibility index (Phi) is 5.38. The molecule has 4 heteroatoms.